The Kier molecular flexibility index (Phi) is 5.55. The lowest BCUT2D eigenvalue weighted by atomic mass is 9.93. The maximum absolute atomic E-state index is 14.3. The Morgan fingerprint density at radius 2 is 1.79 bits per heavy atom. The highest BCUT2D eigenvalue weighted by atomic mass is 32.2. The highest BCUT2D eigenvalue weighted by Crippen LogP contribution is 2.49. The van der Waals surface area contributed by atoms with Gasteiger partial charge in [0.15, 0.2) is 5.03 Å². The third kappa shape index (κ3) is 4.49. The summed E-state index contributed by atoms with van der Waals surface area (Å²) in [6.07, 6.45) is -2.67. The number of amides is 1. The molecule has 14 heteroatoms. The number of hydrogen-bond acceptors (Lipinski definition) is 6. The number of hydrogen-bond donors (Lipinski definition) is 2. The monoisotopic (exact) mass is 491 g/mol. The van der Waals surface area contributed by atoms with Crippen LogP contribution in [0.15, 0.2) is 35.6 Å². The van der Waals surface area contributed by atoms with Gasteiger partial charge in [-0.15, -0.1) is 0 Å². The summed E-state index contributed by atoms with van der Waals surface area (Å²) in [6, 6.07) is 2.75. The molecular weight excluding hydrogens is 473 g/mol. The number of carbonyl (C=O) groups excluding carboxylic acids is 1. The van der Waals surface area contributed by atoms with Crippen LogP contribution in [0.2, 0.25) is 0 Å². The summed E-state index contributed by atoms with van der Waals surface area (Å²) in [5, 5.41) is 6.75. The molecule has 3 heterocycles. The SMILES string of the molecule is NS(=O)(=O)c1cc(NC(=O)c2cc(C(F)(F)F)cnc2N2C[C@H]3CC[C@@H](C2)C3(F)F)ccn1. The fraction of sp³-hybridized carbons (Fsp3) is 0.421. The zero-order valence-electron chi connectivity index (χ0n) is 16.8. The zero-order chi connectivity index (χ0) is 24.2. The molecule has 0 aromatic carbocycles. The van der Waals surface area contributed by atoms with Gasteiger partial charge in [0.25, 0.3) is 21.9 Å². The van der Waals surface area contributed by atoms with Gasteiger partial charge in [-0.05, 0) is 25.0 Å². The van der Waals surface area contributed by atoms with E-state index in [1.165, 1.54) is 11.0 Å². The van der Waals surface area contributed by atoms with E-state index in [0.29, 0.717) is 12.3 Å². The fourth-order valence-electron chi connectivity index (χ4n) is 4.20. The molecule has 1 saturated heterocycles. The lowest BCUT2D eigenvalue weighted by molar-refractivity contribution is -0.137. The third-order valence-corrected chi connectivity index (χ3v) is 6.66. The number of nitrogens with two attached hydrogens (primary N) is 1. The van der Waals surface area contributed by atoms with E-state index in [1.54, 1.807) is 0 Å². The smallest absolute Gasteiger partial charge is 0.355 e. The highest BCUT2D eigenvalue weighted by Gasteiger charge is 2.56. The van der Waals surface area contributed by atoms with Crippen LogP contribution in [0.4, 0.5) is 33.5 Å². The van der Waals surface area contributed by atoms with Crippen molar-refractivity contribution in [1.29, 1.82) is 0 Å². The Bertz CT molecular complexity index is 1190. The molecule has 2 aromatic rings. The largest absolute Gasteiger partial charge is 0.417 e. The van der Waals surface area contributed by atoms with Crippen LogP contribution in [0, 0.1) is 11.8 Å². The van der Waals surface area contributed by atoms with Crippen LogP contribution in [0.5, 0.6) is 0 Å². The summed E-state index contributed by atoms with van der Waals surface area (Å²) in [4.78, 5) is 21.7. The van der Waals surface area contributed by atoms with Crippen LogP contribution in [-0.4, -0.2) is 43.3 Å². The van der Waals surface area contributed by atoms with Gasteiger partial charge in [0.2, 0.25) is 0 Å². The van der Waals surface area contributed by atoms with E-state index in [2.05, 4.69) is 15.3 Å². The third-order valence-electron chi connectivity index (χ3n) is 5.86. The summed E-state index contributed by atoms with van der Waals surface area (Å²) < 4.78 is 91.4. The number of nitrogens with zero attached hydrogens (tertiary/aromatic N) is 3. The van der Waals surface area contributed by atoms with Crippen molar-refractivity contribution in [2.24, 2.45) is 17.0 Å². The van der Waals surface area contributed by atoms with Crippen molar-refractivity contribution in [1.82, 2.24) is 9.97 Å². The summed E-state index contributed by atoms with van der Waals surface area (Å²) in [5.41, 5.74) is -1.77. The topological polar surface area (TPSA) is 118 Å². The molecule has 3 N–H and O–H groups in total. The molecule has 2 aromatic heterocycles. The van der Waals surface area contributed by atoms with E-state index < -0.39 is 56.0 Å². The van der Waals surface area contributed by atoms with Gasteiger partial charge < -0.3 is 10.2 Å². The molecule has 2 aliphatic rings. The molecule has 2 bridgehead atoms. The van der Waals surface area contributed by atoms with Crippen LogP contribution in [0.3, 0.4) is 0 Å². The quantitative estimate of drug-likeness (QED) is 0.635. The van der Waals surface area contributed by atoms with Gasteiger partial charge in [0.05, 0.1) is 11.1 Å². The number of pyridine rings is 2. The summed E-state index contributed by atoms with van der Waals surface area (Å²) in [6.45, 7) is -0.320. The minimum Gasteiger partial charge on any atom is -0.355 e. The average molecular weight is 491 g/mol. The van der Waals surface area contributed by atoms with Gasteiger partial charge >= 0.3 is 6.18 Å². The van der Waals surface area contributed by atoms with E-state index in [9.17, 15) is 35.2 Å². The van der Waals surface area contributed by atoms with E-state index in [1.807, 2.05) is 0 Å². The molecule has 1 amide bonds. The lowest BCUT2D eigenvalue weighted by Gasteiger charge is -2.39. The van der Waals surface area contributed by atoms with Crippen molar-refractivity contribution < 1.29 is 35.2 Å². The highest BCUT2D eigenvalue weighted by molar-refractivity contribution is 7.89. The second kappa shape index (κ2) is 7.87. The van der Waals surface area contributed by atoms with Crippen LogP contribution >= 0.6 is 0 Å². The van der Waals surface area contributed by atoms with Gasteiger partial charge in [-0.2, -0.15) is 13.2 Å². The molecule has 8 nitrogen and oxygen atoms in total. The van der Waals surface area contributed by atoms with Crippen LogP contribution < -0.4 is 15.4 Å². The predicted molar refractivity (Wildman–Crippen MR) is 106 cm³/mol. The number of aromatic nitrogens is 2. The summed E-state index contributed by atoms with van der Waals surface area (Å²) in [7, 11) is -4.20. The first-order chi connectivity index (χ1) is 15.3. The predicted octanol–water partition coefficient (Wildman–Crippen LogP) is 2.88. The molecule has 2 atom stereocenters. The van der Waals surface area contributed by atoms with Crippen molar-refractivity contribution >= 4 is 27.4 Å². The standard InChI is InChI=1S/C19H18F5N5O3S/c20-18(21)10-1-2-11(18)9-29(8-10)16-14(5-12(7-27-16)19(22,23)24)17(30)28-13-3-4-26-15(6-13)33(25,31)32/h3-7,10-11H,1-2,8-9H2,(H2,25,31,32)(H,26,28,30)/t10-,11+. The Labute approximate surface area is 185 Å². The summed E-state index contributed by atoms with van der Waals surface area (Å²) >= 11 is 0. The van der Waals surface area contributed by atoms with Gasteiger partial charge in [0.1, 0.15) is 5.82 Å². The molecule has 0 radical (unpaired) electrons. The number of anilines is 2. The summed E-state index contributed by atoms with van der Waals surface area (Å²) in [5.74, 6) is -6.05. The minimum absolute atomic E-state index is 0.0902. The van der Waals surface area contributed by atoms with Crippen LogP contribution in [0.1, 0.15) is 28.8 Å². The number of primary sulfonamides is 1. The normalized spacial score (nSPS) is 22.3. The minimum atomic E-state index is -4.80. The molecule has 1 aliphatic heterocycles. The molecule has 0 unspecified atom stereocenters. The first kappa shape index (κ1) is 23.3. The Morgan fingerprint density at radius 1 is 1.15 bits per heavy atom. The van der Waals surface area contributed by atoms with Crippen molar-refractivity contribution in [3.8, 4) is 0 Å². The maximum Gasteiger partial charge on any atom is 0.417 e. The number of fused-ring (bicyclic) bond motifs is 2. The van der Waals surface area contributed by atoms with E-state index in [-0.39, 0.29) is 37.4 Å². The lowest BCUT2D eigenvalue weighted by Crippen LogP contribution is -2.49. The molecule has 2 fully saturated rings. The molecule has 178 valence electrons. The van der Waals surface area contributed by atoms with Crippen molar-refractivity contribution in [3.63, 3.8) is 0 Å². The Morgan fingerprint density at radius 3 is 2.36 bits per heavy atom. The molecule has 33 heavy (non-hydrogen) atoms. The Balaban J connectivity index is 1.70. The van der Waals surface area contributed by atoms with E-state index in [4.69, 9.17) is 5.14 Å². The number of rotatable bonds is 4. The van der Waals surface area contributed by atoms with E-state index >= 15 is 0 Å². The van der Waals surface area contributed by atoms with Crippen molar-refractivity contribution in [3.05, 3.63) is 41.7 Å². The molecule has 0 spiro atoms. The molecular formula is C19H18F5N5O3S. The average Bonchev–Trinajstić information content (AvgIpc) is 2.89. The first-order valence-electron chi connectivity index (χ1n) is 9.77. The number of nitrogens with one attached hydrogen (secondary N) is 1. The fourth-order valence-corrected chi connectivity index (χ4v) is 4.70. The number of piperidine rings is 1. The number of carbonyl (C=O) groups is 1. The van der Waals surface area contributed by atoms with Crippen molar-refractivity contribution in [2.75, 3.05) is 23.3 Å². The van der Waals surface area contributed by atoms with Crippen LogP contribution in [-0.2, 0) is 16.2 Å². The van der Waals surface area contributed by atoms with Gasteiger partial charge in [-0.1, -0.05) is 0 Å². The Hall–Kier alpha value is -2.87. The maximum atomic E-state index is 14.3. The second-order valence-corrected chi connectivity index (χ2v) is 9.53. The molecule has 1 aliphatic carbocycles. The van der Waals surface area contributed by atoms with Crippen molar-refractivity contribution in [2.45, 2.75) is 30.0 Å². The van der Waals surface area contributed by atoms with Gasteiger partial charge in [0, 0.05) is 49.1 Å². The second-order valence-electron chi connectivity index (χ2n) is 8.03. The van der Waals surface area contributed by atoms with Crippen LogP contribution in [0.25, 0.3) is 0 Å². The molecule has 4 rings (SSSR count). The van der Waals surface area contributed by atoms with Gasteiger partial charge in [-0.3, -0.25) is 4.79 Å². The van der Waals surface area contributed by atoms with E-state index in [0.717, 1.165) is 12.3 Å². The first-order valence-corrected chi connectivity index (χ1v) is 11.3. The molecule has 1 saturated carbocycles. The number of halogens is 5. The number of sulfonamides is 1. The zero-order valence-corrected chi connectivity index (χ0v) is 17.6. The number of alkyl halides is 5. The van der Waals surface area contributed by atoms with Gasteiger partial charge in [-0.25, -0.2) is 32.3 Å².